The predicted molar refractivity (Wildman–Crippen MR) is 58.7 cm³/mol. The largest absolute Gasteiger partial charge is 0.471 e. The summed E-state index contributed by atoms with van der Waals surface area (Å²) >= 11 is 0. The Bertz CT molecular complexity index is 391. The van der Waals surface area contributed by atoms with Crippen molar-refractivity contribution in [3.63, 3.8) is 0 Å². The molecule has 0 unspecified atom stereocenters. The Hall–Kier alpha value is -1.56. The molecule has 0 saturated carbocycles. The fourth-order valence-corrected chi connectivity index (χ4v) is 1.03. The van der Waals surface area contributed by atoms with Crippen LogP contribution in [0.1, 0.15) is 38.4 Å². The fraction of sp³-hybridized carbons (Fsp3) is 0.500. The molecule has 0 aliphatic heterocycles. The molecule has 3 heteroatoms. The van der Waals surface area contributed by atoms with E-state index in [-0.39, 0.29) is 5.60 Å². The Balaban J connectivity index is 3.04. The summed E-state index contributed by atoms with van der Waals surface area (Å²) in [5.74, 6) is 0.435. The highest BCUT2D eigenvalue weighted by Gasteiger charge is 2.19. The van der Waals surface area contributed by atoms with E-state index < -0.39 is 0 Å². The maximum absolute atomic E-state index is 8.91. The van der Waals surface area contributed by atoms with Crippen LogP contribution in [0, 0.1) is 18.3 Å². The van der Waals surface area contributed by atoms with E-state index in [2.05, 4.69) is 11.1 Å². The molecular formula is C12H16N2O. The molecule has 0 fully saturated rings. The maximum Gasteiger partial charge on any atom is 0.232 e. The highest BCUT2D eigenvalue weighted by molar-refractivity contribution is 5.38. The Kier molecular flexibility index (Phi) is 3.31. The molecule has 1 heterocycles. The van der Waals surface area contributed by atoms with Crippen LogP contribution in [0.5, 0.6) is 5.88 Å². The van der Waals surface area contributed by atoms with Crippen LogP contribution in [0.2, 0.25) is 0 Å². The summed E-state index contributed by atoms with van der Waals surface area (Å²) in [6, 6.07) is 5.63. The van der Waals surface area contributed by atoms with Gasteiger partial charge in [-0.1, -0.05) is 6.92 Å². The summed E-state index contributed by atoms with van der Waals surface area (Å²) < 4.78 is 5.72. The lowest BCUT2D eigenvalue weighted by Crippen LogP contribution is -2.27. The number of nitrogens with zero attached hydrogens (tertiary/aromatic N) is 2. The quantitative estimate of drug-likeness (QED) is 0.760. The average molecular weight is 204 g/mol. The van der Waals surface area contributed by atoms with Gasteiger partial charge in [-0.3, -0.25) is 0 Å². The number of pyridine rings is 1. The van der Waals surface area contributed by atoms with Crippen molar-refractivity contribution < 1.29 is 4.74 Å². The molecule has 0 aliphatic rings. The molecule has 0 N–H and O–H groups in total. The summed E-state index contributed by atoms with van der Waals surface area (Å²) in [6.07, 6.45) is 0.869. The van der Waals surface area contributed by atoms with Crippen LogP contribution >= 0.6 is 0 Å². The van der Waals surface area contributed by atoms with Crippen molar-refractivity contribution >= 4 is 0 Å². The second-order valence-corrected chi connectivity index (χ2v) is 4.13. The number of rotatable bonds is 3. The van der Waals surface area contributed by atoms with E-state index in [1.54, 1.807) is 6.07 Å². The van der Waals surface area contributed by atoms with Gasteiger partial charge in [0.15, 0.2) is 0 Å². The number of ether oxygens (including phenoxy) is 1. The highest BCUT2D eigenvalue weighted by Crippen LogP contribution is 2.22. The van der Waals surface area contributed by atoms with Gasteiger partial charge in [0.2, 0.25) is 5.88 Å². The first kappa shape index (κ1) is 11.5. The molecule has 3 nitrogen and oxygen atoms in total. The monoisotopic (exact) mass is 204 g/mol. The SMILES string of the molecule is CCC(C)(C)Oc1nc(C)ccc1C#N. The van der Waals surface area contributed by atoms with Crippen molar-refractivity contribution in [2.24, 2.45) is 0 Å². The van der Waals surface area contributed by atoms with E-state index in [0.717, 1.165) is 12.1 Å². The van der Waals surface area contributed by atoms with Gasteiger partial charge >= 0.3 is 0 Å². The third-order valence-electron chi connectivity index (χ3n) is 2.34. The van der Waals surface area contributed by atoms with Crippen LogP contribution in [0.15, 0.2) is 12.1 Å². The maximum atomic E-state index is 8.91. The minimum absolute atomic E-state index is 0.285. The van der Waals surface area contributed by atoms with Gasteiger partial charge in [0, 0.05) is 5.69 Å². The molecule has 0 saturated heterocycles. The zero-order chi connectivity index (χ0) is 11.5. The van der Waals surface area contributed by atoms with E-state index in [0.29, 0.717) is 11.4 Å². The summed E-state index contributed by atoms with van der Waals surface area (Å²) in [6.45, 7) is 7.89. The molecule has 0 atom stereocenters. The Morgan fingerprint density at radius 3 is 2.67 bits per heavy atom. The van der Waals surface area contributed by atoms with Crippen molar-refractivity contribution in [2.45, 2.75) is 39.7 Å². The number of aromatic nitrogens is 1. The van der Waals surface area contributed by atoms with Crippen molar-refractivity contribution in [3.05, 3.63) is 23.4 Å². The third kappa shape index (κ3) is 2.95. The average Bonchev–Trinajstić information content (AvgIpc) is 2.18. The molecule has 1 aromatic heterocycles. The third-order valence-corrected chi connectivity index (χ3v) is 2.34. The van der Waals surface area contributed by atoms with Gasteiger partial charge in [-0.25, -0.2) is 4.98 Å². The molecule has 15 heavy (non-hydrogen) atoms. The molecule has 80 valence electrons. The smallest absolute Gasteiger partial charge is 0.232 e. The molecule has 1 rings (SSSR count). The number of nitriles is 1. The standard InChI is InChI=1S/C12H16N2O/c1-5-12(3,4)15-11-10(8-13)7-6-9(2)14-11/h6-7H,5H2,1-4H3. The van der Waals surface area contributed by atoms with Gasteiger partial charge in [0.05, 0.1) is 0 Å². The lowest BCUT2D eigenvalue weighted by molar-refractivity contribution is 0.0984. The molecular weight excluding hydrogens is 188 g/mol. The van der Waals surface area contributed by atoms with Crippen LogP contribution in [0.25, 0.3) is 0 Å². The normalized spacial score (nSPS) is 10.9. The van der Waals surface area contributed by atoms with Crippen molar-refractivity contribution in [1.82, 2.24) is 4.98 Å². The van der Waals surface area contributed by atoms with E-state index in [4.69, 9.17) is 10.00 Å². The second-order valence-electron chi connectivity index (χ2n) is 4.13. The fourth-order valence-electron chi connectivity index (χ4n) is 1.03. The van der Waals surface area contributed by atoms with Crippen LogP contribution in [-0.2, 0) is 0 Å². The number of hydrogen-bond acceptors (Lipinski definition) is 3. The van der Waals surface area contributed by atoms with E-state index in [9.17, 15) is 0 Å². The summed E-state index contributed by atoms with van der Waals surface area (Å²) in [4.78, 5) is 4.23. The summed E-state index contributed by atoms with van der Waals surface area (Å²) in [7, 11) is 0. The van der Waals surface area contributed by atoms with Gasteiger partial charge in [0.25, 0.3) is 0 Å². The first-order valence-corrected chi connectivity index (χ1v) is 5.05. The van der Waals surface area contributed by atoms with Gasteiger partial charge in [-0.05, 0) is 39.3 Å². The molecule has 0 spiro atoms. The van der Waals surface area contributed by atoms with Crippen molar-refractivity contribution in [3.8, 4) is 11.9 Å². The first-order chi connectivity index (χ1) is 6.98. The summed E-state index contributed by atoms with van der Waals surface area (Å²) in [5, 5.41) is 8.91. The van der Waals surface area contributed by atoms with Gasteiger partial charge < -0.3 is 4.74 Å². The topological polar surface area (TPSA) is 45.9 Å². The van der Waals surface area contributed by atoms with Crippen LogP contribution < -0.4 is 4.74 Å². The molecule has 0 radical (unpaired) electrons. The van der Waals surface area contributed by atoms with Crippen LogP contribution in [0.4, 0.5) is 0 Å². The Morgan fingerprint density at radius 1 is 1.47 bits per heavy atom. The molecule has 0 aromatic carbocycles. The zero-order valence-electron chi connectivity index (χ0n) is 9.66. The first-order valence-electron chi connectivity index (χ1n) is 5.05. The van der Waals surface area contributed by atoms with Gasteiger partial charge in [-0.15, -0.1) is 0 Å². The minimum Gasteiger partial charge on any atom is -0.471 e. The Labute approximate surface area is 90.7 Å². The highest BCUT2D eigenvalue weighted by atomic mass is 16.5. The Morgan fingerprint density at radius 2 is 2.13 bits per heavy atom. The minimum atomic E-state index is -0.285. The number of aryl methyl sites for hydroxylation is 1. The molecule has 0 amide bonds. The van der Waals surface area contributed by atoms with Gasteiger partial charge in [-0.2, -0.15) is 5.26 Å². The van der Waals surface area contributed by atoms with Crippen molar-refractivity contribution in [2.75, 3.05) is 0 Å². The molecule has 0 bridgehead atoms. The van der Waals surface area contributed by atoms with Crippen LogP contribution in [-0.4, -0.2) is 10.6 Å². The molecule has 0 aliphatic carbocycles. The summed E-state index contributed by atoms with van der Waals surface area (Å²) in [5.41, 5.74) is 1.06. The lowest BCUT2D eigenvalue weighted by Gasteiger charge is -2.24. The van der Waals surface area contributed by atoms with E-state index >= 15 is 0 Å². The van der Waals surface area contributed by atoms with E-state index in [1.165, 1.54) is 0 Å². The van der Waals surface area contributed by atoms with Gasteiger partial charge in [0.1, 0.15) is 17.2 Å². The van der Waals surface area contributed by atoms with Crippen molar-refractivity contribution in [1.29, 1.82) is 5.26 Å². The molecule has 1 aromatic rings. The predicted octanol–water partition coefficient (Wildman–Crippen LogP) is 2.83. The van der Waals surface area contributed by atoms with Crippen LogP contribution in [0.3, 0.4) is 0 Å². The zero-order valence-corrected chi connectivity index (χ0v) is 9.66. The number of hydrogen-bond donors (Lipinski definition) is 0. The van der Waals surface area contributed by atoms with E-state index in [1.807, 2.05) is 33.8 Å². The second kappa shape index (κ2) is 4.31. The lowest BCUT2D eigenvalue weighted by atomic mass is 10.1.